The Morgan fingerprint density at radius 2 is 2.20 bits per heavy atom. The topological polar surface area (TPSA) is 49.3 Å². The number of carboxylic acid groups (broad SMARTS) is 1. The van der Waals surface area contributed by atoms with Crippen LogP contribution in [0.1, 0.15) is 17.5 Å². The van der Waals surface area contributed by atoms with Gasteiger partial charge in [0.15, 0.2) is 0 Å². The molecule has 3 nitrogen and oxygen atoms in total. The summed E-state index contributed by atoms with van der Waals surface area (Å²) in [4.78, 5) is 10.3. The molecule has 0 unspecified atom stereocenters. The Hall–Kier alpha value is -1.61. The quantitative estimate of drug-likeness (QED) is 0.771. The molecular weight excluding hydrogens is 190 g/mol. The predicted octanol–water partition coefficient (Wildman–Crippen LogP) is 1.89. The van der Waals surface area contributed by atoms with Gasteiger partial charge in [0.2, 0.25) is 0 Å². The second-order valence-corrected chi connectivity index (χ2v) is 3.23. The van der Waals surface area contributed by atoms with Gasteiger partial charge in [-0.1, -0.05) is 36.4 Å². The van der Waals surface area contributed by atoms with Crippen LogP contribution in [0.3, 0.4) is 0 Å². The first-order chi connectivity index (χ1) is 7.24. The molecule has 0 heterocycles. The Kier molecular flexibility index (Phi) is 4.57. The fourth-order valence-electron chi connectivity index (χ4n) is 1.33. The Morgan fingerprint density at radius 3 is 2.87 bits per heavy atom. The second-order valence-electron chi connectivity index (χ2n) is 3.23. The largest absolute Gasteiger partial charge is 0.481 e. The van der Waals surface area contributed by atoms with E-state index in [1.165, 1.54) is 5.56 Å². The van der Waals surface area contributed by atoms with Gasteiger partial charge in [-0.25, -0.2) is 0 Å². The highest BCUT2D eigenvalue weighted by molar-refractivity contribution is 5.70. The van der Waals surface area contributed by atoms with Crippen molar-refractivity contribution in [3.8, 4) is 0 Å². The van der Waals surface area contributed by atoms with E-state index in [4.69, 9.17) is 5.11 Å². The second kappa shape index (κ2) is 5.98. The molecule has 0 fully saturated rings. The molecule has 0 amide bonds. The number of benzene rings is 1. The Labute approximate surface area is 89.4 Å². The maximum Gasteiger partial charge on any atom is 0.307 e. The monoisotopic (exact) mass is 205 g/mol. The maximum absolute atomic E-state index is 10.3. The average molecular weight is 205 g/mol. The van der Waals surface area contributed by atoms with Gasteiger partial charge in [-0.05, 0) is 18.2 Å². The van der Waals surface area contributed by atoms with Crippen LogP contribution in [0.25, 0.3) is 6.08 Å². The highest BCUT2D eigenvalue weighted by Crippen LogP contribution is 2.10. The van der Waals surface area contributed by atoms with Crippen LogP contribution in [0.5, 0.6) is 0 Å². The zero-order valence-corrected chi connectivity index (χ0v) is 8.73. The zero-order chi connectivity index (χ0) is 11.1. The molecule has 80 valence electrons. The van der Waals surface area contributed by atoms with Gasteiger partial charge in [0.25, 0.3) is 0 Å². The molecule has 0 radical (unpaired) electrons. The summed E-state index contributed by atoms with van der Waals surface area (Å²) in [6.45, 7) is 0.785. The summed E-state index contributed by atoms with van der Waals surface area (Å²) in [5.74, 6) is -0.808. The highest BCUT2D eigenvalue weighted by Gasteiger charge is 1.96. The third-order valence-corrected chi connectivity index (χ3v) is 2.01. The van der Waals surface area contributed by atoms with Crippen molar-refractivity contribution in [2.24, 2.45) is 0 Å². The summed E-state index contributed by atoms with van der Waals surface area (Å²) in [5.41, 5.74) is 2.23. The molecule has 0 saturated carbocycles. The highest BCUT2D eigenvalue weighted by atomic mass is 16.4. The molecule has 1 rings (SSSR count). The molecule has 0 bridgehead atoms. The van der Waals surface area contributed by atoms with Gasteiger partial charge in [0.1, 0.15) is 0 Å². The Bertz CT molecular complexity index is 358. The fraction of sp³-hybridized carbons (Fsp3) is 0.250. The van der Waals surface area contributed by atoms with E-state index in [-0.39, 0.29) is 6.42 Å². The van der Waals surface area contributed by atoms with Crippen molar-refractivity contribution in [3.05, 3.63) is 41.5 Å². The average Bonchev–Trinajstić information content (AvgIpc) is 2.20. The van der Waals surface area contributed by atoms with Gasteiger partial charge in [0.05, 0.1) is 6.42 Å². The first kappa shape index (κ1) is 11.5. The van der Waals surface area contributed by atoms with E-state index in [1.54, 1.807) is 6.08 Å². The maximum atomic E-state index is 10.3. The van der Waals surface area contributed by atoms with Crippen LogP contribution in [0.2, 0.25) is 0 Å². The van der Waals surface area contributed by atoms with Crippen LogP contribution in [0, 0.1) is 0 Å². The van der Waals surface area contributed by atoms with E-state index in [9.17, 15) is 4.79 Å². The number of hydrogen-bond donors (Lipinski definition) is 2. The first-order valence-corrected chi connectivity index (χ1v) is 4.85. The molecule has 0 atom stereocenters. The molecule has 15 heavy (non-hydrogen) atoms. The molecular formula is C12H15NO2. The summed E-state index contributed by atoms with van der Waals surface area (Å²) in [6.07, 6.45) is 3.57. The van der Waals surface area contributed by atoms with E-state index < -0.39 is 5.97 Å². The van der Waals surface area contributed by atoms with Gasteiger partial charge in [-0.2, -0.15) is 0 Å². The van der Waals surface area contributed by atoms with Crippen LogP contribution < -0.4 is 5.32 Å². The summed E-state index contributed by atoms with van der Waals surface area (Å²) >= 11 is 0. The van der Waals surface area contributed by atoms with Crippen molar-refractivity contribution in [1.82, 2.24) is 5.32 Å². The Balaban J connectivity index is 2.74. The third kappa shape index (κ3) is 3.95. The zero-order valence-electron chi connectivity index (χ0n) is 8.73. The molecule has 1 aromatic rings. The molecule has 0 aliphatic heterocycles. The SMILES string of the molecule is CNCc1ccccc1C=CCC(=O)O. The van der Waals surface area contributed by atoms with Crippen LogP contribution in [-0.4, -0.2) is 18.1 Å². The molecule has 3 heteroatoms. The predicted molar refractivity (Wildman–Crippen MR) is 60.5 cm³/mol. The van der Waals surface area contributed by atoms with E-state index in [1.807, 2.05) is 37.4 Å². The van der Waals surface area contributed by atoms with E-state index in [2.05, 4.69) is 5.32 Å². The van der Waals surface area contributed by atoms with Crippen molar-refractivity contribution in [3.63, 3.8) is 0 Å². The van der Waals surface area contributed by atoms with Crippen molar-refractivity contribution >= 4 is 12.0 Å². The van der Waals surface area contributed by atoms with E-state index in [0.717, 1.165) is 12.1 Å². The van der Waals surface area contributed by atoms with Gasteiger partial charge in [0, 0.05) is 6.54 Å². The summed E-state index contributed by atoms with van der Waals surface area (Å²) in [7, 11) is 1.89. The van der Waals surface area contributed by atoms with E-state index >= 15 is 0 Å². The summed E-state index contributed by atoms with van der Waals surface area (Å²) in [5, 5.41) is 11.6. The number of rotatable bonds is 5. The lowest BCUT2D eigenvalue weighted by molar-refractivity contribution is -0.135. The van der Waals surface area contributed by atoms with Crippen molar-refractivity contribution in [2.45, 2.75) is 13.0 Å². The van der Waals surface area contributed by atoms with Crippen molar-refractivity contribution in [1.29, 1.82) is 0 Å². The van der Waals surface area contributed by atoms with E-state index in [0.29, 0.717) is 0 Å². The van der Waals surface area contributed by atoms with Crippen LogP contribution in [0.15, 0.2) is 30.3 Å². The minimum Gasteiger partial charge on any atom is -0.481 e. The van der Waals surface area contributed by atoms with Gasteiger partial charge in [-0.3, -0.25) is 4.79 Å². The molecule has 2 N–H and O–H groups in total. The standard InChI is InChI=1S/C12H15NO2/c1-13-9-11-6-3-2-5-10(11)7-4-8-12(14)15/h2-7,13H,8-9H2,1H3,(H,14,15). The Morgan fingerprint density at radius 1 is 1.47 bits per heavy atom. The molecule has 1 aromatic carbocycles. The molecule has 0 aliphatic rings. The lowest BCUT2D eigenvalue weighted by Crippen LogP contribution is -2.06. The van der Waals surface area contributed by atoms with Crippen molar-refractivity contribution in [2.75, 3.05) is 7.05 Å². The van der Waals surface area contributed by atoms with Gasteiger partial charge < -0.3 is 10.4 Å². The third-order valence-electron chi connectivity index (χ3n) is 2.01. The summed E-state index contributed by atoms with van der Waals surface area (Å²) < 4.78 is 0. The van der Waals surface area contributed by atoms with Crippen LogP contribution in [-0.2, 0) is 11.3 Å². The number of nitrogens with one attached hydrogen (secondary N) is 1. The van der Waals surface area contributed by atoms with Gasteiger partial charge >= 0.3 is 5.97 Å². The number of hydrogen-bond acceptors (Lipinski definition) is 2. The fourth-order valence-corrected chi connectivity index (χ4v) is 1.33. The minimum absolute atomic E-state index is 0.0634. The summed E-state index contributed by atoms with van der Waals surface area (Å²) in [6, 6.07) is 7.92. The van der Waals surface area contributed by atoms with Crippen molar-refractivity contribution < 1.29 is 9.90 Å². The minimum atomic E-state index is -0.808. The molecule has 0 saturated heterocycles. The molecule has 0 spiro atoms. The normalized spacial score (nSPS) is 10.7. The smallest absolute Gasteiger partial charge is 0.307 e. The van der Waals surface area contributed by atoms with Crippen LogP contribution >= 0.6 is 0 Å². The number of carboxylic acids is 1. The number of carbonyl (C=O) groups is 1. The van der Waals surface area contributed by atoms with Crippen LogP contribution in [0.4, 0.5) is 0 Å². The lowest BCUT2D eigenvalue weighted by atomic mass is 10.1. The first-order valence-electron chi connectivity index (χ1n) is 4.85. The molecule has 0 aliphatic carbocycles. The number of aliphatic carboxylic acids is 1. The molecule has 0 aromatic heterocycles. The van der Waals surface area contributed by atoms with Gasteiger partial charge in [-0.15, -0.1) is 0 Å². The lowest BCUT2D eigenvalue weighted by Gasteiger charge is -2.04.